The average Bonchev–Trinajstić information content (AvgIpc) is 3.20. The Labute approximate surface area is 241 Å². The summed E-state index contributed by atoms with van der Waals surface area (Å²) in [4.78, 5) is 48.1. The van der Waals surface area contributed by atoms with Crippen LogP contribution in [0.5, 0.6) is 0 Å². The maximum Gasteiger partial charge on any atom is 0.311 e. The van der Waals surface area contributed by atoms with Crippen molar-refractivity contribution in [2.45, 2.75) is 62.6 Å². The molecule has 40 heavy (non-hydrogen) atoms. The minimum absolute atomic E-state index is 0.0379. The first-order valence-corrected chi connectivity index (χ1v) is 15.3. The highest BCUT2D eigenvalue weighted by Crippen LogP contribution is 2.66. The third-order valence-corrected chi connectivity index (χ3v) is 11.2. The van der Waals surface area contributed by atoms with Crippen LogP contribution in [0.3, 0.4) is 0 Å². The van der Waals surface area contributed by atoms with Crippen LogP contribution in [0.15, 0.2) is 48.6 Å². The molecule has 0 aromatic heterocycles. The Morgan fingerprint density at radius 3 is 2.38 bits per heavy atom. The number of aliphatic hydroxyl groups is 1. The van der Waals surface area contributed by atoms with Crippen LogP contribution in [0.1, 0.15) is 41.0 Å². The Bertz CT molecular complexity index is 1210. The van der Waals surface area contributed by atoms with E-state index in [1.54, 1.807) is 9.80 Å². The first kappa shape index (κ1) is 28.7. The second-order valence-electron chi connectivity index (χ2n) is 11.5. The van der Waals surface area contributed by atoms with E-state index in [0.717, 1.165) is 30.9 Å². The maximum absolute atomic E-state index is 14.7. The molecule has 1 N–H and O–H groups in total. The van der Waals surface area contributed by atoms with Crippen LogP contribution in [0, 0.1) is 17.8 Å². The molecule has 4 heterocycles. The quantitative estimate of drug-likeness (QED) is 0.379. The van der Waals surface area contributed by atoms with Crippen LogP contribution in [0.4, 0.5) is 11.4 Å². The Kier molecular flexibility index (Phi) is 7.83. The fourth-order valence-electron chi connectivity index (χ4n) is 7.13. The second-order valence-corrected chi connectivity index (χ2v) is 13.2. The normalized spacial score (nSPS) is 32.6. The molecule has 2 fully saturated rings. The number of carbonyl (C=O) groups is 3. The lowest BCUT2D eigenvalue weighted by Crippen LogP contribution is -2.58. The highest BCUT2D eigenvalue weighted by atomic mass is 32.2. The number of likely N-dealkylation sites (tertiary alicyclic amines) is 1. The highest BCUT2D eigenvalue weighted by molar-refractivity contribution is 8.02. The summed E-state index contributed by atoms with van der Waals surface area (Å²) in [7, 11) is 0. The fraction of sp³-hybridized carbons (Fsp3) is 0.581. The number of aliphatic hydroxyl groups excluding tert-OH is 1. The van der Waals surface area contributed by atoms with Crippen molar-refractivity contribution in [2.24, 2.45) is 17.8 Å². The average molecular weight is 568 g/mol. The van der Waals surface area contributed by atoms with E-state index in [9.17, 15) is 19.5 Å². The van der Waals surface area contributed by atoms with Crippen molar-refractivity contribution in [3.8, 4) is 0 Å². The van der Waals surface area contributed by atoms with Gasteiger partial charge in [-0.15, -0.1) is 11.8 Å². The SMILES string of the molecule is CC[C@H](C)[C@H](CO)N1C(=O)[C@@H]2[C@@H]3C(=O)OCC=C[C@]3(C)S[C@@]23C=CCN(c2ccc(N(CC)CC)cc2)C(=O)C13. The van der Waals surface area contributed by atoms with E-state index in [-0.39, 0.29) is 30.9 Å². The number of cyclic esters (lactones) is 1. The van der Waals surface area contributed by atoms with Gasteiger partial charge in [0.25, 0.3) is 5.91 Å². The molecule has 2 amide bonds. The van der Waals surface area contributed by atoms with E-state index >= 15 is 0 Å². The van der Waals surface area contributed by atoms with Gasteiger partial charge in [0, 0.05) is 35.8 Å². The van der Waals surface area contributed by atoms with E-state index in [2.05, 4.69) is 18.7 Å². The van der Waals surface area contributed by atoms with Gasteiger partial charge in [0.1, 0.15) is 12.6 Å². The number of thioether (sulfide) groups is 1. The highest BCUT2D eigenvalue weighted by Gasteiger charge is 2.74. The van der Waals surface area contributed by atoms with Crippen molar-refractivity contribution in [1.82, 2.24) is 4.90 Å². The van der Waals surface area contributed by atoms with Crippen LogP contribution in [-0.4, -0.2) is 82.2 Å². The molecule has 7 atom stereocenters. The molecule has 0 bridgehead atoms. The lowest BCUT2D eigenvalue weighted by atomic mass is 9.75. The zero-order chi connectivity index (χ0) is 28.8. The van der Waals surface area contributed by atoms with Crippen LogP contribution < -0.4 is 9.80 Å². The standard InChI is InChI=1S/C31H41N3O5S/c1-6-20(4)23(19-35)34-26-28(37)33(22-13-11-21(12-14-22)32(7-2)8-3)17-9-16-31(26)24(27(34)36)25-29(38)39-18-10-15-30(25,5)40-31/h9-16,20,23-26,35H,6-8,17-19H2,1-5H3/t20-,23-,24-,25+,26?,30-,31-/m0/s1. The van der Waals surface area contributed by atoms with E-state index in [1.165, 1.54) is 11.8 Å². The van der Waals surface area contributed by atoms with Crippen molar-refractivity contribution in [1.29, 1.82) is 0 Å². The van der Waals surface area contributed by atoms with E-state index in [1.807, 2.05) is 69.3 Å². The Morgan fingerprint density at radius 2 is 1.75 bits per heavy atom. The first-order valence-electron chi connectivity index (χ1n) is 14.5. The van der Waals surface area contributed by atoms with Crippen molar-refractivity contribution in [3.05, 3.63) is 48.6 Å². The molecule has 0 aliphatic carbocycles. The molecule has 1 unspecified atom stereocenters. The molecule has 216 valence electrons. The molecule has 1 aromatic rings. The number of nitrogens with zero attached hydrogens (tertiary/aromatic N) is 3. The predicted molar refractivity (Wildman–Crippen MR) is 158 cm³/mol. The number of hydrogen-bond acceptors (Lipinski definition) is 7. The summed E-state index contributed by atoms with van der Waals surface area (Å²) in [6, 6.07) is 6.56. The van der Waals surface area contributed by atoms with Crippen molar-refractivity contribution >= 4 is 40.9 Å². The third kappa shape index (κ3) is 4.28. The molecule has 4 aliphatic heterocycles. The van der Waals surface area contributed by atoms with Gasteiger partial charge in [-0.1, -0.05) is 38.5 Å². The molecule has 4 aliphatic rings. The zero-order valence-electron chi connectivity index (χ0n) is 24.1. The molecule has 9 heteroatoms. The number of amides is 2. The molecule has 1 aromatic carbocycles. The number of fused-ring (bicyclic) bond motifs is 2. The largest absolute Gasteiger partial charge is 0.461 e. The second kappa shape index (κ2) is 10.9. The molecule has 8 nitrogen and oxygen atoms in total. The first-order chi connectivity index (χ1) is 19.2. The topological polar surface area (TPSA) is 90.4 Å². The Hall–Kier alpha value is -2.78. The molecule has 0 radical (unpaired) electrons. The zero-order valence-corrected chi connectivity index (χ0v) is 24.9. The van der Waals surface area contributed by atoms with E-state index in [4.69, 9.17) is 4.74 Å². The summed E-state index contributed by atoms with van der Waals surface area (Å²) in [5.74, 6) is -2.40. The summed E-state index contributed by atoms with van der Waals surface area (Å²) in [5, 5.41) is 10.6. The number of esters is 1. The molecule has 5 rings (SSSR count). The number of anilines is 2. The summed E-state index contributed by atoms with van der Waals surface area (Å²) in [6.45, 7) is 12.2. The van der Waals surface area contributed by atoms with Crippen molar-refractivity contribution in [3.63, 3.8) is 0 Å². The van der Waals surface area contributed by atoms with Gasteiger partial charge in [-0.2, -0.15) is 0 Å². The lowest BCUT2D eigenvalue weighted by Gasteiger charge is -2.41. The van der Waals surface area contributed by atoms with Gasteiger partial charge < -0.3 is 24.5 Å². The molecular weight excluding hydrogens is 526 g/mol. The number of rotatable bonds is 8. The predicted octanol–water partition coefficient (Wildman–Crippen LogP) is 3.64. The third-order valence-electron chi connectivity index (χ3n) is 9.39. The minimum atomic E-state index is -0.967. The summed E-state index contributed by atoms with van der Waals surface area (Å²) in [5.41, 5.74) is 1.84. The van der Waals surface area contributed by atoms with Gasteiger partial charge in [0.2, 0.25) is 5.91 Å². The Morgan fingerprint density at radius 1 is 1.05 bits per heavy atom. The van der Waals surface area contributed by atoms with Crippen LogP contribution in [0.25, 0.3) is 0 Å². The van der Waals surface area contributed by atoms with Gasteiger partial charge in [0.05, 0.1) is 29.2 Å². The summed E-state index contributed by atoms with van der Waals surface area (Å²) in [6.07, 6.45) is 8.51. The van der Waals surface area contributed by atoms with Crippen molar-refractivity contribution in [2.75, 3.05) is 42.6 Å². The molecule has 1 spiro atoms. The van der Waals surface area contributed by atoms with E-state index in [0.29, 0.717) is 6.54 Å². The number of ether oxygens (including phenoxy) is 1. The molecule has 2 saturated heterocycles. The van der Waals surface area contributed by atoms with Gasteiger partial charge in [-0.05, 0) is 57.0 Å². The van der Waals surface area contributed by atoms with E-state index < -0.39 is 39.4 Å². The Balaban J connectivity index is 1.62. The lowest BCUT2D eigenvalue weighted by molar-refractivity contribution is -0.153. The fourth-order valence-corrected chi connectivity index (χ4v) is 9.27. The van der Waals surface area contributed by atoms with Gasteiger partial charge in [-0.25, -0.2) is 0 Å². The monoisotopic (exact) mass is 567 g/mol. The van der Waals surface area contributed by atoms with Crippen LogP contribution in [0.2, 0.25) is 0 Å². The smallest absolute Gasteiger partial charge is 0.311 e. The van der Waals surface area contributed by atoms with Crippen molar-refractivity contribution < 1.29 is 24.2 Å². The molecular formula is C31H41N3O5S. The van der Waals surface area contributed by atoms with Gasteiger partial charge in [-0.3, -0.25) is 14.4 Å². The van der Waals surface area contributed by atoms with Crippen LogP contribution in [-0.2, 0) is 19.1 Å². The van der Waals surface area contributed by atoms with Gasteiger partial charge >= 0.3 is 5.97 Å². The van der Waals surface area contributed by atoms with Gasteiger partial charge in [0.15, 0.2) is 0 Å². The number of hydrogen-bond donors (Lipinski definition) is 1. The summed E-state index contributed by atoms with van der Waals surface area (Å²) < 4.78 is 3.85. The maximum atomic E-state index is 14.7. The molecule has 0 saturated carbocycles. The number of carbonyl (C=O) groups excluding carboxylic acids is 3. The van der Waals surface area contributed by atoms with Crippen LogP contribution >= 0.6 is 11.8 Å². The minimum Gasteiger partial charge on any atom is -0.461 e. The number of benzene rings is 1. The summed E-state index contributed by atoms with van der Waals surface area (Å²) >= 11 is 1.52.